The summed E-state index contributed by atoms with van der Waals surface area (Å²) in [5.41, 5.74) is 23.3. The maximum Gasteiger partial charge on any atom is 0.0462 e. The molecule has 88 heavy (non-hydrogen) atoms. The number of nitrogens with zero attached hydrogens (tertiary/aromatic N) is 1. The summed E-state index contributed by atoms with van der Waals surface area (Å²) < 4.78 is 0. The van der Waals surface area contributed by atoms with Gasteiger partial charge in [-0.25, -0.2) is 0 Å². The second kappa shape index (κ2) is 26.7. The monoisotopic (exact) mass is 1310 g/mol. The van der Waals surface area contributed by atoms with Crippen LogP contribution in [-0.4, -0.2) is 0 Å². The molecule has 3 aromatic carbocycles. The average molecular weight is 1310 g/mol. The lowest BCUT2D eigenvalue weighted by Gasteiger charge is -2.26. The van der Waals surface area contributed by atoms with Crippen LogP contribution in [0.15, 0.2) is 125 Å². The Morgan fingerprint density at radius 1 is 0.227 bits per heavy atom. The predicted molar refractivity (Wildman–Crippen MR) is 407 cm³/mol. The van der Waals surface area contributed by atoms with E-state index in [1.54, 1.807) is 0 Å². The van der Waals surface area contributed by atoms with Crippen LogP contribution in [0.2, 0.25) is 0 Å². The predicted octanol–water partition coefficient (Wildman–Crippen LogP) is 27.4. The van der Waals surface area contributed by atoms with Gasteiger partial charge in [0.25, 0.3) is 0 Å². The van der Waals surface area contributed by atoms with E-state index in [1.807, 2.05) is 102 Å². The molecule has 0 amide bonds. The van der Waals surface area contributed by atoms with Crippen LogP contribution in [0, 0.1) is 83.1 Å². The van der Waals surface area contributed by atoms with Crippen molar-refractivity contribution in [3.63, 3.8) is 0 Å². The number of rotatable bonds is 18. The molecule has 12 rings (SSSR count). The van der Waals surface area contributed by atoms with E-state index in [9.17, 15) is 0 Å². The molecule has 10 heteroatoms. The largest absolute Gasteiger partial charge is 0.311 e. The zero-order valence-corrected chi connectivity index (χ0v) is 59.0. The first-order chi connectivity index (χ1) is 42.5. The molecule has 0 N–H and O–H groups in total. The van der Waals surface area contributed by atoms with Crippen molar-refractivity contribution in [3.05, 3.63) is 251 Å². The minimum Gasteiger partial charge on any atom is -0.311 e. The van der Waals surface area contributed by atoms with Crippen molar-refractivity contribution in [2.24, 2.45) is 0 Å². The summed E-state index contributed by atoms with van der Waals surface area (Å²) in [6, 6.07) is 40.9. The number of hydrogen-bond acceptors (Lipinski definition) is 10. The quantitative estimate of drug-likeness (QED) is 0.0828. The summed E-state index contributed by atoms with van der Waals surface area (Å²) >= 11 is 16.6. The highest BCUT2D eigenvalue weighted by atomic mass is 32.1. The molecule has 0 saturated carbocycles. The summed E-state index contributed by atoms with van der Waals surface area (Å²) in [6.07, 6.45) is 27.5. The summed E-state index contributed by atoms with van der Waals surface area (Å²) in [6.45, 7) is 26.7. The lowest BCUT2D eigenvalue weighted by molar-refractivity contribution is 1.28. The van der Waals surface area contributed by atoms with Gasteiger partial charge in [-0.05, 0) is 328 Å². The summed E-state index contributed by atoms with van der Waals surface area (Å²) in [4.78, 5) is 21.8. The van der Waals surface area contributed by atoms with Crippen molar-refractivity contribution in [2.45, 2.75) is 83.1 Å². The second-order valence-corrected chi connectivity index (χ2v) is 31.9. The number of aryl methyl sites for hydroxylation is 3. The number of benzene rings is 3. The van der Waals surface area contributed by atoms with E-state index < -0.39 is 0 Å². The first-order valence-corrected chi connectivity index (χ1v) is 37.0. The van der Waals surface area contributed by atoms with Gasteiger partial charge in [0.2, 0.25) is 0 Å². The molecule has 9 aromatic heterocycles. The minimum atomic E-state index is 1.11. The SMILES string of the molecule is Cc1csc(/C=C/c2sc(/C=C/c3ccc(-c4ccc(N(c5ccc(-c6ccc(/C=C/c7sc(/C=C/c8scc(C)c8C)c(C)c7C)s6)cc5)c5ccc(-c6ccc(/C=C/c7sc(/C=C/c8scc(C)c8C)c(C)c7C)s6)cc5)cc4)s3)c(C)c2C)c1C. The van der Waals surface area contributed by atoms with Crippen LogP contribution < -0.4 is 4.90 Å². The van der Waals surface area contributed by atoms with Gasteiger partial charge >= 0.3 is 0 Å². The Morgan fingerprint density at radius 2 is 0.455 bits per heavy atom. The Balaban J connectivity index is 0.781. The first kappa shape index (κ1) is 61.4. The van der Waals surface area contributed by atoms with Gasteiger partial charge in [-0.3, -0.25) is 0 Å². The van der Waals surface area contributed by atoms with E-state index in [4.69, 9.17) is 0 Å². The molecular formula is C78H69NS9. The van der Waals surface area contributed by atoms with Crippen LogP contribution in [0.5, 0.6) is 0 Å². The highest BCUT2D eigenvalue weighted by molar-refractivity contribution is 7.18. The van der Waals surface area contributed by atoms with Crippen molar-refractivity contribution >= 4 is 192 Å². The second-order valence-electron chi connectivity index (χ2n) is 22.5. The number of thiophene rings is 9. The van der Waals surface area contributed by atoms with Crippen molar-refractivity contribution in [1.29, 1.82) is 0 Å². The van der Waals surface area contributed by atoms with E-state index in [0.717, 1.165) is 17.1 Å². The molecule has 1 nitrogen and oxygen atoms in total. The summed E-state index contributed by atoms with van der Waals surface area (Å²) in [5.74, 6) is 0. The normalized spacial score (nSPS) is 12.3. The maximum atomic E-state index is 2.39. The molecule has 0 unspecified atom stereocenters. The van der Waals surface area contributed by atoms with E-state index in [1.165, 1.54) is 157 Å². The van der Waals surface area contributed by atoms with Gasteiger partial charge in [0.05, 0.1) is 0 Å². The molecule has 9 heterocycles. The van der Waals surface area contributed by atoms with Crippen molar-refractivity contribution in [3.8, 4) is 31.3 Å². The van der Waals surface area contributed by atoms with Crippen LogP contribution in [0.25, 0.3) is 104 Å². The van der Waals surface area contributed by atoms with Crippen LogP contribution in [0.4, 0.5) is 17.1 Å². The third kappa shape index (κ3) is 13.2. The molecule has 0 aliphatic rings. The smallest absolute Gasteiger partial charge is 0.0462 e. The highest BCUT2D eigenvalue weighted by Gasteiger charge is 2.17. The summed E-state index contributed by atoms with van der Waals surface area (Å²) in [7, 11) is 0. The third-order valence-electron chi connectivity index (χ3n) is 17.0. The molecule has 0 aliphatic heterocycles. The Hall–Kier alpha value is -6.80. The fourth-order valence-electron chi connectivity index (χ4n) is 10.4. The molecule has 0 atom stereocenters. The van der Waals surface area contributed by atoms with Crippen LogP contribution in [0.1, 0.15) is 125 Å². The molecule has 440 valence electrons. The van der Waals surface area contributed by atoms with Crippen LogP contribution in [-0.2, 0) is 0 Å². The van der Waals surface area contributed by atoms with Gasteiger partial charge in [-0.2, -0.15) is 0 Å². The van der Waals surface area contributed by atoms with E-state index in [2.05, 4.69) is 286 Å². The van der Waals surface area contributed by atoms with Gasteiger partial charge in [0.15, 0.2) is 0 Å². The molecule has 0 bridgehead atoms. The van der Waals surface area contributed by atoms with Gasteiger partial charge in [0, 0.05) is 90.2 Å². The molecule has 0 aliphatic carbocycles. The minimum absolute atomic E-state index is 1.11. The Kier molecular flexibility index (Phi) is 18.7. The standard InChI is InChI=1S/C78H69NS9/c1-46-43-80-67(49(46)4)37-40-73-55(10)52(7)70(86-73)31-25-64-28-34-76(83-64)58-13-19-61(20-14-58)79(62-21-15-59(16-22-62)77-35-29-65(84-77)26-32-71-53(8)56(11)74(87-71)41-38-68-50(5)47(2)44-81-68)63-23-17-60(18-24-63)78-36-30-66(85-78)27-33-72-54(9)57(12)75(88-72)42-39-69-51(6)48(3)45-82-69/h13-45H,1-12H3/b31-25+,32-26+,33-27+,40-37+,41-38+,42-39+. The first-order valence-electron chi connectivity index (χ1n) is 29.5. The third-order valence-corrected chi connectivity index (χ3v) is 27.8. The Bertz CT molecular complexity index is 4200. The van der Waals surface area contributed by atoms with E-state index in [0.29, 0.717) is 0 Å². The average Bonchev–Trinajstić information content (AvgIpc) is 2.16. The van der Waals surface area contributed by atoms with Crippen LogP contribution in [0.3, 0.4) is 0 Å². The fourth-order valence-corrected chi connectivity index (χ4v) is 19.4. The van der Waals surface area contributed by atoms with Crippen molar-refractivity contribution in [1.82, 2.24) is 0 Å². The number of anilines is 3. The van der Waals surface area contributed by atoms with Gasteiger partial charge in [-0.1, -0.05) is 36.4 Å². The van der Waals surface area contributed by atoms with E-state index >= 15 is 0 Å². The van der Waals surface area contributed by atoms with Crippen molar-refractivity contribution < 1.29 is 0 Å². The Morgan fingerprint density at radius 3 is 0.682 bits per heavy atom. The number of hydrogen-bond donors (Lipinski definition) is 0. The molecule has 0 radical (unpaired) electrons. The maximum absolute atomic E-state index is 2.39. The topological polar surface area (TPSA) is 3.24 Å². The van der Waals surface area contributed by atoms with E-state index in [-0.39, 0.29) is 0 Å². The molecule has 0 fully saturated rings. The zero-order valence-electron chi connectivity index (χ0n) is 51.7. The van der Waals surface area contributed by atoms with Gasteiger partial charge in [-0.15, -0.1) is 102 Å². The molecule has 0 spiro atoms. The fraction of sp³-hybridized carbons (Fsp3) is 0.154. The highest BCUT2D eigenvalue weighted by Crippen LogP contribution is 2.42. The van der Waals surface area contributed by atoms with Crippen LogP contribution >= 0.6 is 102 Å². The Labute approximate surface area is 556 Å². The molecule has 12 aromatic rings. The van der Waals surface area contributed by atoms with Gasteiger partial charge in [0.1, 0.15) is 0 Å². The lowest BCUT2D eigenvalue weighted by Crippen LogP contribution is -2.09. The molecule has 0 saturated heterocycles. The lowest BCUT2D eigenvalue weighted by atomic mass is 10.1. The van der Waals surface area contributed by atoms with Gasteiger partial charge < -0.3 is 4.90 Å². The molecular weight excluding hydrogens is 1240 g/mol. The van der Waals surface area contributed by atoms with Crippen molar-refractivity contribution in [2.75, 3.05) is 4.90 Å². The zero-order chi connectivity index (χ0) is 61.3. The summed E-state index contributed by atoms with van der Waals surface area (Å²) in [5, 5.41) is 6.75.